The lowest BCUT2D eigenvalue weighted by Gasteiger charge is -2.07. The average molecular weight is 420 g/mol. The van der Waals surface area contributed by atoms with E-state index in [0.717, 1.165) is 11.1 Å². The number of ether oxygens (including phenoxy) is 1. The fourth-order valence-corrected chi connectivity index (χ4v) is 3.71. The second kappa shape index (κ2) is 7.78. The van der Waals surface area contributed by atoms with E-state index >= 15 is 0 Å². The van der Waals surface area contributed by atoms with Crippen LogP contribution in [0.4, 0.5) is 5.69 Å². The maximum Gasteiger partial charge on any atom is 0.256 e. The number of carbonyl (C=O) groups excluding carboxylic acids is 1. The minimum Gasteiger partial charge on any atom is -0.489 e. The second-order valence-corrected chi connectivity index (χ2v) is 8.67. The van der Waals surface area contributed by atoms with Crippen LogP contribution in [0.3, 0.4) is 0 Å². The Morgan fingerprint density at radius 1 is 1.00 bits per heavy atom. The summed E-state index contributed by atoms with van der Waals surface area (Å²) in [7, 11) is -3.86. The van der Waals surface area contributed by atoms with Crippen LogP contribution < -0.4 is 15.2 Å². The van der Waals surface area contributed by atoms with Crippen molar-refractivity contribution in [3.63, 3.8) is 0 Å². The Morgan fingerprint density at radius 2 is 1.70 bits per heavy atom. The summed E-state index contributed by atoms with van der Waals surface area (Å²) in [5.41, 5.74) is 4.50. The van der Waals surface area contributed by atoms with Gasteiger partial charge in [-0.15, -0.1) is 0 Å². The summed E-state index contributed by atoms with van der Waals surface area (Å²) in [5.74, 6) is 0.418. The zero-order valence-electron chi connectivity index (χ0n) is 16.3. The van der Waals surface area contributed by atoms with Crippen LogP contribution in [0.15, 0.2) is 71.6 Å². The van der Waals surface area contributed by atoms with Gasteiger partial charge in [0.25, 0.3) is 5.91 Å². The van der Waals surface area contributed by atoms with Crippen LogP contribution in [0.1, 0.15) is 22.3 Å². The molecule has 0 bridgehead atoms. The van der Waals surface area contributed by atoms with Crippen molar-refractivity contribution >= 4 is 33.3 Å². The maximum atomic E-state index is 12.4. The van der Waals surface area contributed by atoms with Crippen molar-refractivity contribution in [3.8, 4) is 5.75 Å². The number of fused-ring (bicyclic) bond motifs is 1. The molecule has 0 saturated heterocycles. The Balaban J connectivity index is 1.54. The van der Waals surface area contributed by atoms with Crippen molar-refractivity contribution in [1.82, 2.24) is 0 Å². The maximum absolute atomic E-state index is 12.4. The van der Waals surface area contributed by atoms with E-state index in [1.54, 1.807) is 6.08 Å². The molecule has 0 spiro atoms. The van der Waals surface area contributed by atoms with E-state index in [0.29, 0.717) is 29.2 Å². The van der Waals surface area contributed by atoms with Gasteiger partial charge in [0.05, 0.1) is 4.90 Å². The third kappa shape index (κ3) is 4.27. The first kappa shape index (κ1) is 19.9. The molecule has 1 aliphatic rings. The Morgan fingerprint density at radius 3 is 2.37 bits per heavy atom. The van der Waals surface area contributed by atoms with Crippen molar-refractivity contribution < 1.29 is 17.9 Å². The van der Waals surface area contributed by atoms with Crippen molar-refractivity contribution in [2.75, 3.05) is 5.32 Å². The molecule has 1 amide bonds. The van der Waals surface area contributed by atoms with Crippen molar-refractivity contribution in [3.05, 3.63) is 89.0 Å². The van der Waals surface area contributed by atoms with Crippen LogP contribution in [-0.2, 0) is 21.4 Å². The number of hydrogen-bond donors (Lipinski definition) is 2. The van der Waals surface area contributed by atoms with Gasteiger partial charge < -0.3 is 10.1 Å². The highest BCUT2D eigenvalue weighted by molar-refractivity contribution is 7.89. The Hall–Kier alpha value is -3.42. The first-order valence-corrected chi connectivity index (χ1v) is 10.8. The molecular formula is C23H20N2O4S. The van der Waals surface area contributed by atoms with Gasteiger partial charge in [0.1, 0.15) is 12.4 Å². The molecule has 3 aromatic rings. The van der Waals surface area contributed by atoms with Crippen molar-refractivity contribution in [2.45, 2.75) is 18.4 Å². The molecule has 6 nitrogen and oxygen atoms in total. The molecule has 0 radical (unpaired) electrons. The monoisotopic (exact) mass is 420 g/mol. The molecule has 0 fully saturated rings. The highest BCUT2D eigenvalue weighted by Crippen LogP contribution is 2.34. The molecule has 0 atom stereocenters. The number of anilines is 1. The molecular weight excluding hydrogens is 400 g/mol. The van der Waals surface area contributed by atoms with E-state index in [9.17, 15) is 13.2 Å². The second-order valence-electron chi connectivity index (χ2n) is 7.11. The third-order valence-electron chi connectivity index (χ3n) is 4.82. The largest absolute Gasteiger partial charge is 0.489 e. The minimum atomic E-state index is -3.86. The van der Waals surface area contributed by atoms with Gasteiger partial charge >= 0.3 is 0 Å². The lowest BCUT2D eigenvalue weighted by molar-refractivity contribution is -0.110. The van der Waals surface area contributed by atoms with Crippen LogP contribution in [0.25, 0.3) is 11.6 Å². The number of aryl methyl sites for hydroxylation is 1. The molecule has 3 aromatic carbocycles. The third-order valence-corrected chi connectivity index (χ3v) is 5.73. The molecule has 0 saturated carbocycles. The number of amides is 1. The molecule has 0 aliphatic carbocycles. The molecule has 152 valence electrons. The van der Waals surface area contributed by atoms with Gasteiger partial charge in [-0.1, -0.05) is 42.0 Å². The van der Waals surface area contributed by atoms with E-state index in [1.807, 2.05) is 55.5 Å². The minimum absolute atomic E-state index is 0.0384. The number of sulfonamides is 1. The zero-order chi connectivity index (χ0) is 21.3. The summed E-state index contributed by atoms with van der Waals surface area (Å²) in [6.07, 6.45) is 1.71. The first-order chi connectivity index (χ1) is 14.3. The standard InChI is InChI=1S/C23H20N2O4S/c1-15-2-4-17(5-3-15)14-29-18-8-6-16(7-9-18)12-21-20-13-19(30(24,27)28)10-11-22(20)25-23(21)26/h2-13H,14H2,1H3,(H,25,26)(H2,24,27,28)/b21-12-. The van der Waals surface area contributed by atoms with Gasteiger partial charge in [0.2, 0.25) is 10.0 Å². The van der Waals surface area contributed by atoms with Gasteiger partial charge in [-0.25, -0.2) is 13.6 Å². The van der Waals surface area contributed by atoms with Crippen LogP contribution in [-0.4, -0.2) is 14.3 Å². The van der Waals surface area contributed by atoms with Gasteiger partial charge in [0, 0.05) is 16.8 Å². The quantitative estimate of drug-likeness (QED) is 0.615. The highest BCUT2D eigenvalue weighted by Gasteiger charge is 2.25. The Kier molecular flexibility index (Phi) is 5.15. The number of nitrogens with two attached hydrogens (primary N) is 1. The summed E-state index contributed by atoms with van der Waals surface area (Å²) in [5, 5.41) is 7.94. The number of rotatable bonds is 5. The predicted molar refractivity (Wildman–Crippen MR) is 116 cm³/mol. The fourth-order valence-electron chi connectivity index (χ4n) is 3.17. The number of hydrogen-bond acceptors (Lipinski definition) is 4. The SMILES string of the molecule is Cc1ccc(COc2ccc(/C=C3\C(=O)Nc4ccc(S(N)(=O)=O)cc43)cc2)cc1. The molecule has 3 N–H and O–H groups in total. The molecule has 1 heterocycles. The smallest absolute Gasteiger partial charge is 0.256 e. The Bertz CT molecular complexity index is 1250. The molecule has 4 rings (SSSR count). The summed E-state index contributed by atoms with van der Waals surface area (Å²) in [6.45, 7) is 2.50. The summed E-state index contributed by atoms with van der Waals surface area (Å²) < 4.78 is 29.1. The topological polar surface area (TPSA) is 98.5 Å². The number of primary sulfonamides is 1. The lowest BCUT2D eigenvalue weighted by atomic mass is 10.0. The Labute approximate surface area is 175 Å². The molecule has 0 aromatic heterocycles. The lowest BCUT2D eigenvalue weighted by Crippen LogP contribution is -2.12. The van der Waals surface area contributed by atoms with Crippen LogP contribution in [0.2, 0.25) is 0 Å². The van der Waals surface area contributed by atoms with Crippen LogP contribution in [0.5, 0.6) is 5.75 Å². The van der Waals surface area contributed by atoms with Gasteiger partial charge in [-0.2, -0.15) is 0 Å². The van der Waals surface area contributed by atoms with E-state index in [2.05, 4.69) is 5.32 Å². The van der Waals surface area contributed by atoms with Gasteiger partial charge in [-0.05, 0) is 54.5 Å². The predicted octanol–water partition coefficient (Wildman–Crippen LogP) is 3.71. The summed E-state index contributed by atoms with van der Waals surface area (Å²) in [6, 6.07) is 19.8. The van der Waals surface area contributed by atoms with Crippen LogP contribution >= 0.6 is 0 Å². The molecule has 7 heteroatoms. The number of benzene rings is 3. The van der Waals surface area contributed by atoms with Crippen molar-refractivity contribution in [2.24, 2.45) is 5.14 Å². The first-order valence-electron chi connectivity index (χ1n) is 9.28. The van der Waals surface area contributed by atoms with Gasteiger partial charge in [0.15, 0.2) is 0 Å². The van der Waals surface area contributed by atoms with Crippen LogP contribution in [0, 0.1) is 6.92 Å². The van der Waals surface area contributed by atoms with Gasteiger partial charge in [-0.3, -0.25) is 4.79 Å². The number of nitrogens with one attached hydrogen (secondary N) is 1. The molecule has 30 heavy (non-hydrogen) atoms. The number of carbonyl (C=O) groups is 1. The summed E-state index contributed by atoms with van der Waals surface area (Å²) in [4.78, 5) is 12.3. The van der Waals surface area contributed by atoms with E-state index in [-0.39, 0.29) is 10.8 Å². The molecule has 1 aliphatic heterocycles. The van der Waals surface area contributed by atoms with E-state index in [4.69, 9.17) is 9.88 Å². The normalized spacial score (nSPS) is 14.5. The van der Waals surface area contributed by atoms with Crippen molar-refractivity contribution in [1.29, 1.82) is 0 Å². The molecule has 0 unspecified atom stereocenters. The summed E-state index contributed by atoms with van der Waals surface area (Å²) >= 11 is 0. The zero-order valence-corrected chi connectivity index (χ0v) is 17.1. The fraction of sp³-hybridized carbons (Fsp3) is 0.0870. The van der Waals surface area contributed by atoms with E-state index in [1.165, 1.54) is 23.8 Å². The van der Waals surface area contributed by atoms with E-state index < -0.39 is 10.0 Å². The average Bonchev–Trinajstić information content (AvgIpc) is 3.02. The highest BCUT2D eigenvalue weighted by atomic mass is 32.2.